The van der Waals surface area contributed by atoms with E-state index in [4.69, 9.17) is 23.2 Å². The number of hydrogen-bond donors (Lipinski definition) is 1. The summed E-state index contributed by atoms with van der Waals surface area (Å²) >= 11 is 12.2. The van der Waals surface area contributed by atoms with Gasteiger partial charge in [-0.15, -0.1) is 0 Å². The number of carbonyl (C=O) groups excluding carboxylic acids is 2. The monoisotopic (exact) mass is 421 g/mol. The van der Waals surface area contributed by atoms with E-state index in [1.807, 2.05) is 45.0 Å². The Labute approximate surface area is 176 Å². The molecule has 2 aromatic carbocycles. The minimum atomic E-state index is -0.274. The number of rotatable bonds is 8. The first-order chi connectivity index (χ1) is 13.4. The fourth-order valence-electron chi connectivity index (χ4n) is 2.90. The van der Waals surface area contributed by atoms with Crippen molar-refractivity contribution in [2.24, 2.45) is 0 Å². The van der Waals surface area contributed by atoms with Crippen LogP contribution in [0.4, 0.5) is 11.4 Å². The van der Waals surface area contributed by atoms with Crippen LogP contribution in [0.3, 0.4) is 0 Å². The number of likely N-dealkylation sites (N-methyl/N-ethyl adjacent to an activating group) is 2. The third kappa shape index (κ3) is 5.71. The molecule has 0 aliphatic rings. The van der Waals surface area contributed by atoms with Gasteiger partial charge in [-0.05, 0) is 44.2 Å². The van der Waals surface area contributed by atoms with E-state index in [9.17, 15) is 9.59 Å². The first-order valence-electron chi connectivity index (χ1n) is 9.19. The zero-order chi connectivity index (χ0) is 20.7. The first-order valence-corrected chi connectivity index (χ1v) is 9.95. The highest BCUT2D eigenvalue weighted by atomic mass is 35.5. The molecule has 2 aromatic rings. The summed E-state index contributed by atoms with van der Waals surface area (Å²) in [6.45, 7) is 7.14. The quantitative estimate of drug-likeness (QED) is 0.676. The standard InChI is InChI=1S/C21H25Cl2N3O2/c1-4-25(13-19(27)24-21-16(22)10-8-11-17(21)23)14-20(28)26(5-2)18-12-7-6-9-15(18)3/h6-12H,4-5,13-14H2,1-3H3,(H,24,27). The molecular formula is C21H25Cl2N3O2. The Balaban J connectivity index is 2.03. The fraction of sp³-hybridized carbons (Fsp3) is 0.333. The van der Waals surface area contributed by atoms with Crippen LogP contribution in [0.1, 0.15) is 19.4 Å². The normalized spacial score (nSPS) is 10.8. The van der Waals surface area contributed by atoms with Gasteiger partial charge in [-0.2, -0.15) is 0 Å². The average Bonchev–Trinajstić information content (AvgIpc) is 2.66. The summed E-state index contributed by atoms with van der Waals surface area (Å²) in [5.41, 5.74) is 2.30. The van der Waals surface area contributed by atoms with E-state index >= 15 is 0 Å². The molecule has 0 aliphatic carbocycles. The highest BCUT2D eigenvalue weighted by Crippen LogP contribution is 2.29. The molecule has 0 unspecified atom stereocenters. The second-order valence-corrected chi connectivity index (χ2v) is 7.19. The highest BCUT2D eigenvalue weighted by molar-refractivity contribution is 6.39. The SMILES string of the molecule is CCN(CC(=O)Nc1c(Cl)cccc1Cl)CC(=O)N(CC)c1ccccc1C. The van der Waals surface area contributed by atoms with Crippen LogP contribution in [0.15, 0.2) is 42.5 Å². The van der Waals surface area contributed by atoms with E-state index < -0.39 is 0 Å². The smallest absolute Gasteiger partial charge is 0.241 e. The number of nitrogens with zero attached hydrogens (tertiary/aromatic N) is 2. The molecule has 5 nitrogen and oxygen atoms in total. The third-order valence-corrected chi connectivity index (χ3v) is 5.05. The van der Waals surface area contributed by atoms with Crippen molar-refractivity contribution in [3.63, 3.8) is 0 Å². The van der Waals surface area contributed by atoms with Crippen molar-refractivity contribution >= 4 is 46.4 Å². The van der Waals surface area contributed by atoms with Gasteiger partial charge in [-0.3, -0.25) is 14.5 Å². The predicted molar refractivity (Wildman–Crippen MR) is 116 cm³/mol. The molecule has 0 aliphatic heterocycles. The Kier molecular flexibility index (Phi) is 8.30. The molecule has 0 fully saturated rings. The van der Waals surface area contributed by atoms with Crippen molar-refractivity contribution in [1.29, 1.82) is 0 Å². The molecule has 0 aromatic heterocycles. The summed E-state index contributed by atoms with van der Waals surface area (Å²) in [5.74, 6) is -0.328. The largest absolute Gasteiger partial charge is 0.322 e. The lowest BCUT2D eigenvalue weighted by molar-refractivity contribution is -0.121. The number of para-hydroxylation sites is 2. The Bertz CT molecular complexity index is 822. The van der Waals surface area contributed by atoms with Crippen LogP contribution in [0, 0.1) is 6.92 Å². The lowest BCUT2D eigenvalue weighted by atomic mass is 10.2. The molecule has 2 amide bonds. The lowest BCUT2D eigenvalue weighted by Gasteiger charge is -2.27. The average molecular weight is 422 g/mol. The van der Waals surface area contributed by atoms with Gasteiger partial charge < -0.3 is 10.2 Å². The van der Waals surface area contributed by atoms with E-state index in [-0.39, 0.29) is 24.9 Å². The minimum Gasteiger partial charge on any atom is -0.322 e. The molecule has 28 heavy (non-hydrogen) atoms. The molecule has 0 atom stereocenters. The zero-order valence-electron chi connectivity index (χ0n) is 16.3. The van der Waals surface area contributed by atoms with E-state index in [0.717, 1.165) is 11.3 Å². The van der Waals surface area contributed by atoms with Gasteiger partial charge in [-0.25, -0.2) is 0 Å². The summed E-state index contributed by atoms with van der Waals surface area (Å²) in [4.78, 5) is 28.8. The Morgan fingerprint density at radius 3 is 2.14 bits per heavy atom. The molecule has 150 valence electrons. The van der Waals surface area contributed by atoms with Crippen molar-refractivity contribution in [3.05, 3.63) is 58.1 Å². The molecule has 0 spiro atoms. The van der Waals surface area contributed by atoms with Gasteiger partial charge >= 0.3 is 0 Å². The molecule has 0 bridgehead atoms. The summed E-state index contributed by atoms with van der Waals surface area (Å²) in [5, 5.41) is 3.48. The van der Waals surface area contributed by atoms with E-state index in [1.165, 1.54) is 0 Å². The Morgan fingerprint density at radius 1 is 0.929 bits per heavy atom. The highest BCUT2D eigenvalue weighted by Gasteiger charge is 2.20. The summed E-state index contributed by atoms with van der Waals surface area (Å²) in [7, 11) is 0. The second-order valence-electron chi connectivity index (χ2n) is 6.37. The van der Waals surface area contributed by atoms with Crippen LogP contribution < -0.4 is 10.2 Å². The Hall–Kier alpha value is -2.08. The van der Waals surface area contributed by atoms with Crippen molar-refractivity contribution < 1.29 is 9.59 Å². The van der Waals surface area contributed by atoms with Crippen LogP contribution in [0.5, 0.6) is 0 Å². The molecule has 2 rings (SSSR count). The number of benzene rings is 2. The van der Waals surface area contributed by atoms with Crippen molar-refractivity contribution in [3.8, 4) is 0 Å². The third-order valence-electron chi connectivity index (χ3n) is 4.42. The topological polar surface area (TPSA) is 52.7 Å². The first kappa shape index (κ1) is 22.2. The summed E-state index contributed by atoms with van der Waals surface area (Å²) in [6.07, 6.45) is 0. The van der Waals surface area contributed by atoms with Gasteiger partial charge in [0.05, 0.1) is 28.8 Å². The number of halogens is 2. The van der Waals surface area contributed by atoms with Crippen molar-refractivity contribution in [2.45, 2.75) is 20.8 Å². The van der Waals surface area contributed by atoms with Crippen molar-refractivity contribution in [1.82, 2.24) is 4.90 Å². The molecular weight excluding hydrogens is 397 g/mol. The van der Waals surface area contributed by atoms with Gasteiger partial charge in [0.1, 0.15) is 0 Å². The van der Waals surface area contributed by atoms with Crippen LogP contribution in [-0.4, -0.2) is 42.9 Å². The maximum absolute atomic E-state index is 12.9. The van der Waals surface area contributed by atoms with Gasteiger partial charge in [-0.1, -0.05) is 54.4 Å². The van der Waals surface area contributed by atoms with E-state index in [2.05, 4.69) is 5.32 Å². The fourth-order valence-corrected chi connectivity index (χ4v) is 3.39. The number of hydrogen-bond acceptors (Lipinski definition) is 3. The molecule has 1 N–H and O–H groups in total. The maximum atomic E-state index is 12.9. The van der Waals surface area contributed by atoms with E-state index in [0.29, 0.717) is 28.8 Å². The minimum absolute atomic E-state index is 0.0535. The maximum Gasteiger partial charge on any atom is 0.241 e. The van der Waals surface area contributed by atoms with Crippen LogP contribution in [-0.2, 0) is 9.59 Å². The van der Waals surface area contributed by atoms with Crippen molar-refractivity contribution in [2.75, 3.05) is 36.4 Å². The Morgan fingerprint density at radius 2 is 1.57 bits per heavy atom. The van der Waals surface area contributed by atoms with Gasteiger partial charge in [0.2, 0.25) is 11.8 Å². The number of amides is 2. The number of carbonyl (C=O) groups is 2. The van der Waals surface area contributed by atoms with Gasteiger partial charge in [0.25, 0.3) is 0 Å². The van der Waals surface area contributed by atoms with Crippen LogP contribution in [0.2, 0.25) is 10.0 Å². The molecule has 0 saturated carbocycles. The molecule has 0 saturated heterocycles. The lowest BCUT2D eigenvalue weighted by Crippen LogP contribution is -2.43. The predicted octanol–water partition coefficient (Wildman–Crippen LogP) is 4.62. The van der Waals surface area contributed by atoms with Gasteiger partial charge in [0, 0.05) is 12.2 Å². The van der Waals surface area contributed by atoms with Gasteiger partial charge in [0.15, 0.2) is 0 Å². The number of nitrogens with one attached hydrogen (secondary N) is 1. The molecule has 7 heteroatoms. The summed E-state index contributed by atoms with van der Waals surface area (Å²) < 4.78 is 0. The molecule has 0 radical (unpaired) electrons. The number of anilines is 2. The number of aryl methyl sites for hydroxylation is 1. The second kappa shape index (κ2) is 10.5. The molecule has 0 heterocycles. The van der Waals surface area contributed by atoms with Crippen LogP contribution in [0.25, 0.3) is 0 Å². The summed E-state index contributed by atoms with van der Waals surface area (Å²) in [6, 6.07) is 12.8. The van der Waals surface area contributed by atoms with Crippen LogP contribution >= 0.6 is 23.2 Å². The van der Waals surface area contributed by atoms with E-state index in [1.54, 1.807) is 28.0 Å². The zero-order valence-corrected chi connectivity index (χ0v) is 17.8.